The fourth-order valence-corrected chi connectivity index (χ4v) is 2.59. The number of nitrogens with zero attached hydrogens (tertiary/aromatic N) is 2. The zero-order chi connectivity index (χ0) is 14.5. The van der Waals surface area contributed by atoms with Gasteiger partial charge < -0.3 is 20.6 Å². The first-order valence-electron chi connectivity index (χ1n) is 7.31. The second kappa shape index (κ2) is 7.22. The van der Waals surface area contributed by atoms with Crippen molar-refractivity contribution in [2.75, 3.05) is 33.2 Å². The van der Waals surface area contributed by atoms with E-state index in [9.17, 15) is 4.79 Å². The standard InChI is InChI=1S/C14H29N3O2/c1-4-12-11-17(10-9-16(12)3)8-6-5-7-14(2,15)13(18)19/h12H,4-11,15H2,1-3H3,(H,18,19). The van der Waals surface area contributed by atoms with Crippen LogP contribution >= 0.6 is 0 Å². The van der Waals surface area contributed by atoms with Crippen molar-refractivity contribution >= 4 is 5.97 Å². The summed E-state index contributed by atoms with van der Waals surface area (Å²) in [7, 11) is 2.19. The minimum Gasteiger partial charge on any atom is -0.480 e. The van der Waals surface area contributed by atoms with Crippen molar-refractivity contribution in [3.8, 4) is 0 Å². The fraction of sp³-hybridized carbons (Fsp3) is 0.929. The Balaban J connectivity index is 2.21. The van der Waals surface area contributed by atoms with Gasteiger partial charge >= 0.3 is 5.97 Å². The molecule has 0 radical (unpaired) electrons. The van der Waals surface area contributed by atoms with E-state index in [0.29, 0.717) is 12.5 Å². The monoisotopic (exact) mass is 271 g/mol. The molecule has 0 spiro atoms. The Morgan fingerprint density at radius 1 is 1.42 bits per heavy atom. The molecule has 5 heteroatoms. The summed E-state index contributed by atoms with van der Waals surface area (Å²) >= 11 is 0. The summed E-state index contributed by atoms with van der Waals surface area (Å²) in [5.74, 6) is -0.904. The highest BCUT2D eigenvalue weighted by Gasteiger charge is 2.27. The lowest BCUT2D eigenvalue weighted by molar-refractivity contribution is -0.142. The average Bonchev–Trinajstić information content (AvgIpc) is 2.36. The van der Waals surface area contributed by atoms with E-state index in [2.05, 4.69) is 23.8 Å². The van der Waals surface area contributed by atoms with Crippen LogP contribution in [0, 0.1) is 0 Å². The van der Waals surface area contributed by atoms with E-state index in [0.717, 1.165) is 39.0 Å². The third-order valence-corrected chi connectivity index (χ3v) is 4.24. The van der Waals surface area contributed by atoms with Gasteiger partial charge in [0.25, 0.3) is 0 Å². The Morgan fingerprint density at radius 2 is 2.11 bits per heavy atom. The van der Waals surface area contributed by atoms with Gasteiger partial charge in [-0.25, -0.2) is 0 Å². The maximum absolute atomic E-state index is 10.9. The van der Waals surface area contributed by atoms with E-state index in [-0.39, 0.29) is 0 Å². The Kier molecular flexibility index (Phi) is 6.23. The van der Waals surface area contributed by atoms with Gasteiger partial charge in [-0.15, -0.1) is 0 Å². The van der Waals surface area contributed by atoms with Crippen LogP contribution in [0.25, 0.3) is 0 Å². The number of carboxylic acid groups (broad SMARTS) is 1. The fourth-order valence-electron chi connectivity index (χ4n) is 2.59. The van der Waals surface area contributed by atoms with Gasteiger partial charge in [0, 0.05) is 25.7 Å². The molecule has 1 aliphatic heterocycles. The topological polar surface area (TPSA) is 69.8 Å². The van der Waals surface area contributed by atoms with Gasteiger partial charge in [-0.05, 0) is 46.2 Å². The number of unbranched alkanes of at least 4 members (excludes halogenated alkanes) is 1. The summed E-state index contributed by atoms with van der Waals surface area (Å²) in [5.41, 5.74) is 4.65. The first-order valence-corrected chi connectivity index (χ1v) is 7.31. The van der Waals surface area contributed by atoms with Crippen LogP contribution < -0.4 is 5.73 Å². The maximum atomic E-state index is 10.9. The molecular weight excluding hydrogens is 242 g/mol. The van der Waals surface area contributed by atoms with Gasteiger partial charge in [-0.1, -0.05) is 6.92 Å². The lowest BCUT2D eigenvalue weighted by Gasteiger charge is -2.39. The van der Waals surface area contributed by atoms with Crippen molar-refractivity contribution in [3.63, 3.8) is 0 Å². The smallest absolute Gasteiger partial charge is 0.323 e. The van der Waals surface area contributed by atoms with Crippen LogP contribution in [0.3, 0.4) is 0 Å². The molecule has 2 atom stereocenters. The zero-order valence-corrected chi connectivity index (χ0v) is 12.6. The van der Waals surface area contributed by atoms with Crippen molar-refractivity contribution in [2.24, 2.45) is 5.73 Å². The van der Waals surface area contributed by atoms with Gasteiger partial charge in [0.2, 0.25) is 0 Å². The van der Waals surface area contributed by atoms with Crippen LogP contribution in [-0.2, 0) is 4.79 Å². The normalized spacial score (nSPS) is 25.2. The number of hydrogen-bond donors (Lipinski definition) is 2. The molecule has 1 heterocycles. The minimum atomic E-state index is -1.08. The molecule has 0 saturated carbocycles. The highest BCUT2D eigenvalue weighted by atomic mass is 16.4. The second-order valence-electron chi connectivity index (χ2n) is 6.02. The molecule has 0 aromatic heterocycles. The first kappa shape index (κ1) is 16.4. The van der Waals surface area contributed by atoms with Gasteiger partial charge in [0.1, 0.15) is 5.54 Å². The summed E-state index contributed by atoms with van der Waals surface area (Å²) in [6.45, 7) is 8.26. The lowest BCUT2D eigenvalue weighted by Crippen LogP contribution is -2.51. The Bertz CT molecular complexity index is 294. The molecule has 2 unspecified atom stereocenters. The number of rotatable bonds is 7. The number of nitrogens with two attached hydrogens (primary N) is 1. The minimum absolute atomic E-state index is 0.549. The SMILES string of the molecule is CCC1CN(CCCCC(C)(N)C(=O)O)CCN1C. The number of carbonyl (C=O) groups is 1. The zero-order valence-electron chi connectivity index (χ0n) is 12.6. The summed E-state index contributed by atoms with van der Waals surface area (Å²) in [5, 5.41) is 8.94. The van der Waals surface area contributed by atoms with Crippen LogP contribution in [0.2, 0.25) is 0 Å². The number of piperazine rings is 1. The molecule has 3 N–H and O–H groups in total. The van der Waals surface area contributed by atoms with Crippen LogP contribution in [0.5, 0.6) is 0 Å². The molecule has 0 bridgehead atoms. The summed E-state index contributed by atoms with van der Waals surface area (Å²) in [4.78, 5) is 15.8. The first-order chi connectivity index (χ1) is 8.86. The van der Waals surface area contributed by atoms with Crippen LogP contribution in [-0.4, -0.2) is 65.7 Å². The molecule has 0 amide bonds. The predicted molar refractivity (Wildman–Crippen MR) is 77.2 cm³/mol. The third-order valence-electron chi connectivity index (χ3n) is 4.24. The van der Waals surface area contributed by atoms with E-state index >= 15 is 0 Å². The average molecular weight is 271 g/mol. The Labute approximate surface area is 116 Å². The van der Waals surface area contributed by atoms with Crippen LogP contribution in [0.15, 0.2) is 0 Å². The van der Waals surface area contributed by atoms with Crippen molar-refractivity contribution in [3.05, 3.63) is 0 Å². The second-order valence-corrected chi connectivity index (χ2v) is 6.02. The van der Waals surface area contributed by atoms with Crippen molar-refractivity contribution in [1.82, 2.24) is 9.80 Å². The molecular formula is C14H29N3O2. The summed E-state index contributed by atoms with van der Waals surface area (Å²) in [6, 6.07) is 0.660. The van der Waals surface area contributed by atoms with Crippen LogP contribution in [0.1, 0.15) is 39.5 Å². The quantitative estimate of drug-likeness (QED) is 0.676. The lowest BCUT2D eigenvalue weighted by atomic mass is 9.96. The number of carboxylic acids is 1. The molecule has 19 heavy (non-hydrogen) atoms. The Morgan fingerprint density at radius 3 is 2.68 bits per heavy atom. The molecule has 1 aliphatic rings. The van der Waals surface area contributed by atoms with E-state index in [1.54, 1.807) is 6.92 Å². The molecule has 1 rings (SSSR count). The van der Waals surface area contributed by atoms with E-state index in [4.69, 9.17) is 10.8 Å². The number of aliphatic carboxylic acids is 1. The Hall–Kier alpha value is -0.650. The summed E-state index contributed by atoms with van der Waals surface area (Å²) in [6.07, 6.45) is 3.64. The largest absolute Gasteiger partial charge is 0.480 e. The van der Waals surface area contributed by atoms with Gasteiger partial charge in [0.05, 0.1) is 0 Å². The predicted octanol–water partition coefficient (Wildman–Crippen LogP) is 0.985. The highest BCUT2D eigenvalue weighted by Crippen LogP contribution is 2.14. The van der Waals surface area contributed by atoms with Crippen molar-refractivity contribution in [2.45, 2.75) is 51.1 Å². The molecule has 1 saturated heterocycles. The molecule has 1 fully saturated rings. The summed E-state index contributed by atoms with van der Waals surface area (Å²) < 4.78 is 0. The molecule has 112 valence electrons. The van der Waals surface area contributed by atoms with Gasteiger partial charge in [0.15, 0.2) is 0 Å². The van der Waals surface area contributed by atoms with Gasteiger partial charge in [-0.3, -0.25) is 4.79 Å². The molecule has 0 aliphatic carbocycles. The third kappa shape index (κ3) is 5.09. The van der Waals surface area contributed by atoms with Crippen LogP contribution in [0.4, 0.5) is 0 Å². The number of likely N-dealkylation sites (N-methyl/N-ethyl adjacent to an activating group) is 1. The molecule has 0 aromatic rings. The maximum Gasteiger partial charge on any atom is 0.323 e. The molecule has 0 aromatic carbocycles. The van der Waals surface area contributed by atoms with E-state index in [1.165, 1.54) is 6.42 Å². The van der Waals surface area contributed by atoms with E-state index in [1.807, 2.05) is 0 Å². The van der Waals surface area contributed by atoms with Crippen molar-refractivity contribution in [1.29, 1.82) is 0 Å². The van der Waals surface area contributed by atoms with E-state index < -0.39 is 11.5 Å². The molecule has 5 nitrogen and oxygen atoms in total. The number of hydrogen-bond acceptors (Lipinski definition) is 4. The van der Waals surface area contributed by atoms with Crippen molar-refractivity contribution < 1.29 is 9.90 Å². The highest BCUT2D eigenvalue weighted by molar-refractivity contribution is 5.77. The van der Waals surface area contributed by atoms with Gasteiger partial charge in [-0.2, -0.15) is 0 Å².